The lowest BCUT2D eigenvalue weighted by atomic mass is 10.0. The monoisotopic (exact) mass is 291 g/mol. The Morgan fingerprint density at radius 2 is 1.10 bits per heavy atom. The fraction of sp³-hybridized carbons (Fsp3) is 0.0526. The summed E-state index contributed by atoms with van der Waals surface area (Å²) in [5, 5.41) is 0.247. The van der Waals surface area contributed by atoms with Crippen LogP contribution in [0.5, 0.6) is 0 Å². The van der Waals surface area contributed by atoms with E-state index in [4.69, 9.17) is 5.73 Å². The number of hydrogen-bond donors (Lipinski definition) is 1. The van der Waals surface area contributed by atoms with E-state index in [1.54, 1.807) is 11.8 Å². The van der Waals surface area contributed by atoms with E-state index >= 15 is 0 Å². The maximum Gasteiger partial charge on any atom is 0.0594 e. The molecule has 0 aliphatic rings. The van der Waals surface area contributed by atoms with Crippen LogP contribution in [0.15, 0.2) is 89.8 Å². The van der Waals surface area contributed by atoms with Gasteiger partial charge in [-0.05, 0) is 23.3 Å². The van der Waals surface area contributed by atoms with E-state index in [1.165, 1.54) is 11.1 Å². The molecular weight excluding hydrogens is 274 g/mol. The van der Waals surface area contributed by atoms with E-state index in [0.717, 1.165) is 10.6 Å². The summed E-state index contributed by atoms with van der Waals surface area (Å²) >= 11 is 1.80. The second-order valence-electron chi connectivity index (χ2n) is 4.86. The Balaban J connectivity index is 1.99. The molecule has 0 aliphatic heterocycles. The van der Waals surface area contributed by atoms with Gasteiger partial charge in [0.15, 0.2) is 0 Å². The molecule has 0 aliphatic carbocycles. The Bertz CT molecular complexity index is 656. The molecule has 0 heterocycles. The second-order valence-corrected chi connectivity index (χ2v) is 6.00. The van der Waals surface area contributed by atoms with Crippen LogP contribution in [-0.4, -0.2) is 0 Å². The third-order valence-electron chi connectivity index (χ3n) is 3.37. The summed E-state index contributed by atoms with van der Waals surface area (Å²) in [6.07, 6.45) is 0. The first-order valence-electron chi connectivity index (χ1n) is 6.95. The van der Waals surface area contributed by atoms with Crippen LogP contribution in [-0.2, 0) is 0 Å². The molecule has 2 N–H and O–H groups in total. The molecule has 0 amide bonds. The lowest BCUT2D eigenvalue weighted by Gasteiger charge is -2.18. The van der Waals surface area contributed by atoms with E-state index in [1.807, 2.05) is 30.3 Å². The van der Waals surface area contributed by atoms with Crippen molar-refractivity contribution in [3.63, 3.8) is 0 Å². The fourth-order valence-corrected chi connectivity index (χ4v) is 3.50. The van der Waals surface area contributed by atoms with Crippen molar-refractivity contribution in [3.05, 3.63) is 96.1 Å². The predicted molar refractivity (Wildman–Crippen MR) is 91.4 cm³/mol. The molecule has 0 fully saturated rings. The molecule has 0 radical (unpaired) electrons. The Hall–Kier alpha value is -2.19. The highest BCUT2D eigenvalue weighted by molar-refractivity contribution is 7.99. The number of para-hydroxylation sites is 1. The van der Waals surface area contributed by atoms with Gasteiger partial charge in [-0.15, -0.1) is 11.8 Å². The molecule has 3 aromatic rings. The van der Waals surface area contributed by atoms with Gasteiger partial charge in [0.2, 0.25) is 0 Å². The Labute approximate surface area is 129 Å². The van der Waals surface area contributed by atoms with Crippen LogP contribution in [0.4, 0.5) is 5.69 Å². The number of nitrogen functional groups attached to an aromatic ring is 1. The minimum Gasteiger partial charge on any atom is -0.398 e. The van der Waals surface area contributed by atoms with Gasteiger partial charge in [-0.25, -0.2) is 0 Å². The third-order valence-corrected chi connectivity index (χ3v) is 4.77. The zero-order valence-electron chi connectivity index (χ0n) is 11.6. The van der Waals surface area contributed by atoms with Crippen LogP contribution in [0.25, 0.3) is 0 Å². The molecule has 0 spiro atoms. The van der Waals surface area contributed by atoms with E-state index < -0.39 is 0 Å². The fourth-order valence-electron chi connectivity index (χ4n) is 2.30. The summed E-state index contributed by atoms with van der Waals surface area (Å²) in [7, 11) is 0. The molecule has 3 aromatic carbocycles. The van der Waals surface area contributed by atoms with Gasteiger partial charge >= 0.3 is 0 Å². The SMILES string of the molecule is Nc1ccccc1SC(c1ccccc1)c1ccccc1. The maximum absolute atomic E-state index is 6.10. The van der Waals surface area contributed by atoms with E-state index in [-0.39, 0.29) is 5.25 Å². The van der Waals surface area contributed by atoms with Crippen LogP contribution in [0.3, 0.4) is 0 Å². The average Bonchev–Trinajstić information content (AvgIpc) is 2.56. The van der Waals surface area contributed by atoms with Crippen molar-refractivity contribution < 1.29 is 0 Å². The summed E-state index contributed by atoms with van der Waals surface area (Å²) in [5.41, 5.74) is 9.51. The van der Waals surface area contributed by atoms with E-state index in [2.05, 4.69) is 54.6 Å². The first-order chi connectivity index (χ1) is 10.3. The van der Waals surface area contributed by atoms with Crippen molar-refractivity contribution in [2.24, 2.45) is 0 Å². The molecule has 21 heavy (non-hydrogen) atoms. The predicted octanol–water partition coefficient (Wildman–Crippen LogP) is 5.15. The second kappa shape index (κ2) is 6.51. The van der Waals surface area contributed by atoms with Gasteiger partial charge in [-0.1, -0.05) is 72.8 Å². The lowest BCUT2D eigenvalue weighted by Crippen LogP contribution is -1.98. The number of nitrogens with two attached hydrogens (primary N) is 1. The third kappa shape index (κ3) is 3.29. The molecule has 0 atom stereocenters. The molecular formula is C19H17NS. The first kappa shape index (κ1) is 13.8. The number of rotatable bonds is 4. The molecule has 1 nitrogen and oxygen atoms in total. The minimum atomic E-state index is 0.247. The zero-order valence-corrected chi connectivity index (χ0v) is 12.5. The van der Waals surface area contributed by atoms with Crippen LogP contribution in [0, 0.1) is 0 Å². The smallest absolute Gasteiger partial charge is 0.0594 e. The van der Waals surface area contributed by atoms with Crippen LogP contribution in [0.2, 0.25) is 0 Å². The molecule has 0 saturated heterocycles. The summed E-state index contributed by atoms with van der Waals surface area (Å²) in [5.74, 6) is 0. The van der Waals surface area contributed by atoms with E-state index in [9.17, 15) is 0 Å². The number of benzene rings is 3. The van der Waals surface area contributed by atoms with Crippen LogP contribution < -0.4 is 5.73 Å². The van der Waals surface area contributed by atoms with Gasteiger partial charge in [0, 0.05) is 10.6 Å². The van der Waals surface area contributed by atoms with Crippen molar-refractivity contribution in [1.29, 1.82) is 0 Å². The van der Waals surface area contributed by atoms with Gasteiger partial charge in [0.25, 0.3) is 0 Å². The highest BCUT2D eigenvalue weighted by atomic mass is 32.2. The lowest BCUT2D eigenvalue weighted by molar-refractivity contribution is 1.15. The standard InChI is InChI=1S/C19H17NS/c20-17-13-7-8-14-18(17)21-19(15-9-3-1-4-10-15)16-11-5-2-6-12-16/h1-14,19H,20H2. The molecule has 0 saturated carbocycles. The highest BCUT2D eigenvalue weighted by Crippen LogP contribution is 2.42. The van der Waals surface area contributed by atoms with Gasteiger partial charge in [0.05, 0.1) is 5.25 Å². The number of hydrogen-bond acceptors (Lipinski definition) is 2. The van der Waals surface area contributed by atoms with Gasteiger partial charge in [-0.3, -0.25) is 0 Å². The Morgan fingerprint density at radius 1 is 0.619 bits per heavy atom. The van der Waals surface area contributed by atoms with Gasteiger partial charge in [-0.2, -0.15) is 0 Å². The maximum atomic E-state index is 6.10. The number of thioether (sulfide) groups is 1. The summed E-state index contributed by atoms with van der Waals surface area (Å²) in [6.45, 7) is 0. The number of anilines is 1. The van der Waals surface area contributed by atoms with E-state index in [0.29, 0.717) is 0 Å². The minimum absolute atomic E-state index is 0.247. The van der Waals surface area contributed by atoms with Crippen LogP contribution in [0.1, 0.15) is 16.4 Å². The summed E-state index contributed by atoms with van der Waals surface area (Å²) in [6, 6.07) is 29.2. The normalized spacial score (nSPS) is 10.7. The van der Waals surface area contributed by atoms with Gasteiger partial charge < -0.3 is 5.73 Å². The first-order valence-corrected chi connectivity index (χ1v) is 7.83. The average molecular weight is 291 g/mol. The zero-order chi connectivity index (χ0) is 14.5. The van der Waals surface area contributed by atoms with Crippen LogP contribution >= 0.6 is 11.8 Å². The molecule has 0 unspecified atom stereocenters. The molecule has 0 aromatic heterocycles. The van der Waals surface area contributed by atoms with Gasteiger partial charge in [0.1, 0.15) is 0 Å². The Kier molecular flexibility index (Phi) is 4.27. The van der Waals surface area contributed by atoms with Crippen molar-refractivity contribution >= 4 is 17.4 Å². The molecule has 0 bridgehead atoms. The topological polar surface area (TPSA) is 26.0 Å². The molecule has 3 rings (SSSR count). The highest BCUT2D eigenvalue weighted by Gasteiger charge is 2.16. The van der Waals surface area contributed by atoms with Crippen molar-refractivity contribution in [2.45, 2.75) is 10.1 Å². The largest absolute Gasteiger partial charge is 0.398 e. The molecule has 2 heteroatoms. The quantitative estimate of drug-likeness (QED) is 0.531. The van der Waals surface area contributed by atoms with Crippen molar-refractivity contribution in [1.82, 2.24) is 0 Å². The molecule has 104 valence electrons. The summed E-state index contributed by atoms with van der Waals surface area (Å²) in [4.78, 5) is 1.12. The Morgan fingerprint density at radius 3 is 1.62 bits per heavy atom. The van der Waals surface area contributed by atoms with Crippen molar-refractivity contribution in [2.75, 3.05) is 5.73 Å². The summed E-state index contributed by atoms with van der Waals surface area (Å²) < 4.78 is 0. The van der Waals surface area contributed by atoms with Crippen molar-refractivity contribution in [3.8, 4) is 0 Å².